The van der Waals surface area contributed by atoms with Crippen LogP contribution < -0.4 is 16.4 Å². The van der Waals surface area contributed by atoms with Crippen LogP contribution in [-0.4, -0.2) is 25.5 Å². The topological polar surface area (TPSA) is 79.5 Å². The lowest BCUT2D eigenvalue weighted by atomic mass is 9.98. The van der Waals surface area contributed by atoms with Gasteiger partial charge in [0.25, 0.3) is 0 Å². The number of nitrogens with zero attached hydrogens (tertiary/aromatic N) is 1. The van der Waals surface area contributed by atoms with Crippen LogP contribution in [0.1, 0.15) is 22.3 Å². The number of primary amides is 1. The predicted octanol–water partition coefficient (Wildman–Crippen LogP) is 2.45. The fourth-order valence-electron chi connectivity index (χ4n) is 2.84. The molecular formula is C21H27FN4O. The number of carbonyl (C=O) groups excluding carboxylic acids is 1. The Morgan fingerprint density at radius 1 is 1.15 bits per heavy atom. The van der Waals surface area contributed by atoms with Gasteiger partial charge in [0.05, 0.1) is 5.92 Å². The second kappa shape index (κ2) is 9.71. The number of rotatable bonds is 7. The first-order chi connectivity index (χ1) is 12.9. The Hall–Kier alpha value is -2.89. The van der Waals surface area contributed by atoms with E-state index in [1.807, 2.05) is 0 Å². The van der Waals surface area contributed by atoms with E-state index in [4.69, 9.17) is 5.73 Å². The Morgan fingerprint density at radius 3 is 2.44 bits per heavy atom. The van der Waals surface area contributed by atoms with Crippen molar-refractivity contribution in [3.63, 3.8) is 0 Å². The number of hydrogen-bond donors (Lipinski definition) is 3. The first kappa shape index (κ1) is 20.4. The molecule has 27 heavy (non-hydrogen) atoms. The lowest BCUT2D eigenvalue weighted by molar-refractivity contribution is -0.121. The van der Waals surface area contributed by atoms with E-state index in [0.717, 1.165) is 5.56 Å². The van der Waals surface area contributed by atoms with Crippen molar-refractivity contribution in [3.05, 3.63) is 70.5 Å². The molecule has 2 aromatic carbocycles. The molecule has 0 saturated carbocycles. The summed E-state index contributed by atoms with van der Waals surface area (Å²) in [6, 6.07) is 12.4. The average Bonchev–Trinajstić information content (AvgIpc) is 2.63. The highest BCUT2D eigenvalue weighted by atomic mass is 19.1. The standard InChI is InChI=1S/C21H27FN4O/c1-14-4-7-17(15(2)10-14)12-25-21(24-3)26-13-18(20(23)27)11-16-5-8-19(22)9-6-16/h4-10,18H,11-13H2,1-3H3,(H2,23,27)(H2,24,25,26). The molecule has 6 heteroatoms. The van der Waals surface area contributed by atoms with Crippen LogP contribution in [-0.2, 0) is 17.8 Å². The predicted molar refractivity (Wildman–Crippen MR) is 107 cm³/mol. The summed E-state index contributed by atoms with van der Waals surface area (Å²) in [6.07, 6.45) is 0.441. The van der Waals surface area contributed by atoms with E-state index in [9.17, 15) is 9.18 Å². The van der Waals surface area contributed by atoms with Gasteiger partial charge in [-0.2, -0.15) is 0 Å². The molecule has 0 heterocycles. The number of nitrogens with one attached hydrogen (secondary N) is 2. The summed E-state index contributed by atoms with van der Waals surface area (Å²) in [7, 11) is 1.68. The van der Waals surface area contributed by atoms with Crippen molar-refractivity contribution < 1.29 is 9.18 Å². The molecule has 0 aliphatic rings. The zero-order valence-electron chi connectivity index (χ0n) is 16.1. The minimum atomic E-state index is -0.421. The maximum atomic E-state index is 13.0. The normalized spacial score (nSPS) is 12.5. The van der Waals surface area contributed by atoms with Crippen molar-refractivity contribution in [2.24, 2.45) is 16.6 Å². The van der Waals surface area contributed by atoms with Gasteiger partial charge in [-0.1, -0.05) is 35.9 Å². The van der Waals surface area contributed by atoms with Gasteiger partial charge in [0.15, 0.2) is 5.96 Å². The van der Waals surface area contributed by atoms with Crippen LogP contribution in [0.15, 0.2) is 47.5 Å². The number of carbonyl (C=O) groups is 1. The number of guanidine groups is 1. The number of hydrogen-bond acceptors (Lipinski definition) is 2. The smallest absolute Gasteiger partial charge is 0.222 e. The summed E-state index contributed by atoms with van der Waals surface area (Å²) in [5.74, 6) is -0.532. The molecule has 4 N–H and O–H groups in total. The molecule has 0 saturated heterocycles. The van der Waals surface area contributed by atoms with Gasteiger partial charge in [-0.25, -0.2) is 4.39 Å². The maximum Gasteiger partial charge on any atom is 0.222 e. The SMILES string of the molecule is CN=C(NCc1ccc(C)cc1C)NCC(Cc1ccc(F)cc1)C(N)=O. The van der Waals surface area contributed by atoms with Crippen LogP contribution in [0.5, 0.6) is 0 Å². The van der Waals surface area contributed by atoms with E-state index in [2.05, 4.69) is 47.7 Å². The third kappa shape index (κ3) is 6.40. The molecule has 144 valence electrons. The van der Waals surface area contributed by atoms with Crippen molar-refractivity contribution in [1.29, 1.82) is 0 Å². The van der Waals surface area contributed by atoms with Crippen molar-refractivity contribution in [2.45, 2.75) is 26.8 Å². The molecule has 0 aromatic heterocycles. The van der Waals surface area contributed by atoms with E-state index in [0.29, 0.717) is 25.5 Å². The Bertz CT molecular complexity index is 802. The molecule has 0 aliphatic heterocycles. The van der Waals surface area contributed by atoms with Gasteiger partial charge in [0.1, 0.15) is 5.82 Å². The van der Waals surface area contributed by atoms with Crippen LogP contribution in [0.3, 0.4) is 0 Å². The fraction of sp³-hybridized carbons (Fsp3) is 0.333. The number of nitrogens with two attached hydrogens (primary N) is 1. The lowest BCUT2D eigenvalue weighted by Gasteiger charge is -2.18. The van der Waals surface area contributed by atoms with Gasteiger partial charge < -0.3 is 16.4 Å². The third-order valence-corrected chi connectivity index (χ3v) is 4.48. The van der Waals surface area contributed by atoms with E-state index >= 15 is 0 Å². The van der Waals surface area contributed by atoms with E-state index < -0.39 is 11.8 Å². The first-order valence-electron chi connectivity index (χ1n) is 8.93. The van der Waals surface area contributed by atoms with Crippen molar-refractivity contribution in [2.75, 3.05) is 13.6 Å². The van der Waals surface area contributed by atoms with Gasteiger partial charge in [0.2, 0.25) is 5.91 Å². The van der Waals surface area contributed by atoms with Gasteiger partial charge in [-0.3, -0.25) is 9.79 Å². The number of aliphatic imine (C=N–C) groups is 1. The van der Waals surface area contributed by atoms with Crippen LogP contribution >= 0.6 is 0 Å². The minimum absolute atomic E-state index is 0.302. The first-order valence-corrected chi connectivity index (χ1v) is 8.93. The second-order valence-electron chi connectivity index (χ2n) is 6.67. The van der Waals surface area contributed by atoms with E-state index in [-0.39, 0.29) is 5.82 Å². The number of amides is 1. The minimum Gasteiger partial charge on any atom is -0.369 e. The number of aryl methyl sites for hydroxylation is 2. The molecule has 5 nitrogen and oxygen atoms in total. The molecule has 0 radical (unpaired) electrons. The summed E-state index contributed by atoms with van der Waals surface area (Å²) in [4.78, 5) is 16.0. The quantitative estimate of drug-likeness (QED) is 0.517. The second-order valence-corrected chi connectivity index (χ2v) is 6.67. The zero-order valence-corrected chi connectivity index (χ0v) is 16.1. The summed E-state index contributed by atoms with van der Waals surface area (Å²) in [5, 5.41) is 6.40. The van der Waals surface area contributed by atoms with Gasteiger partial charge >= 0.3 is 0 Å². The Balaban J connectivity index is 1.91. The maximum absolute atomic E-state index is 13.0. The van der Waals surface area contributed by atoms with E-state index in [1.54, 1.807) is 19.2 Å². The zero-order chi connectivity index (χ0) is 19.8. The van der Waals surface area contributed by atoms with Crippen molar-refractivity contribution in [3.8, 4) is 0 Å². The summed E-state index contributed by atoms with van der Waals surface area (Å²) < 4.78 is 13.0. The van der Waals surface area contributed by atoms with Gasteiger partial charge in [0, 0.05) is 20.1 Å². The van der Waals surface area contributed by atoms with Crippen LogP contribution in [0, 0.1) is 25.6 Å². The molecule has 1 atom stereocenters. The van der Waals surface area contributed by atoms with Crippen molar-refractivity contribution >= 4 is 11.9 Å². The highest BCUT2D eigenvalue weighted by Gasteiger charge is 2.17. The molecular weight excluding hydrogens is 343 g/mol. The Kier molecular flexibility index (Phi) is 7.34. The molecule has 0 bridgehead atoms. The molecule has 2 aromatic rings. The largest absolute Gasteiger partial charge is 0.369 e. The highest BCUT2D eigenvalue weighted by Crippen LogP contribution is 2.11. The monoisotopic (exact) mass is 370 g/mol. The van der Waals surface area contributed by atoms with Crippen LogP contribution in [0.25, 0.3) is 0 Å². The molecule has 0 fully saturated rings. The lowest BCUT2D eigenvalue weighted by Crippen LogP contribution is -2.42. The summed E-state index contributed by atoms with van der Waals surface area (Å²) in [6.45, 7) is 5.12. The molecule has 0 spiro atoms. The van der Waals surface area contributed by atoms with E-state index in [1.165, 1.54) is 28.8 Å². The number of benzene rings is 2. The number of halogens is 1. The highest BCUT2D eigenvalue weighted by molar-refractivity contribution is 5.81. The van der Waals surface area contributed by atoms with Crippen LogP contribution in [0.2, 0.25) is 0 Å². The third-order valence-electron chi connectivity index (χ3n) is 4.48. The Morgan fingerprint density at radius 2 is 1.85 bits per heavy atom. The fourth-order valence-corrected chi connectivity index (χ4v) is 2.84. The molecule has 1 unspecified atom stereocenters. The molecule has 2 rings (SSSR count). The van der Waals surface area contributed by atoms with Crippen LogP contribution in [0.4, 0.5) is 4.39 Å². The molecule has 0 aliphatic carbocycles. The van der Waals surface area contributed by atoms with Gasteiger partial charge in [-0.15, -0.1) is 0 Å². The Labute approximate surface area is 159 Å². The summed E-state index contributed by atoms with van der Waals surface area (Å²) in [5.41, 5.74) is 10.0. The van der Waals surface area contributed by atoms with Gasteiger partial charge in [-0.05, 0) is 49.1 Å². The average molecular weight is 370 g/mol. The molecule has 1 amide bonds. The summed E-state index contributed by atoms with van der Waals surface area (Å²) >= 11 is 0. The van der Waals surface area contributed by atoms with Crippen molar-refractivity contribution in [1.82, 2.24) is 10.6 Å².